The molecule has 1 N–H and O–H groups in total. The summed E-state index contributed by atoms with van der Waals surface area (Å²) in [6.45, 7) is 0. The number of nitrogens with zero attached hydrogens (tertiary/aromatic N) is 1. The Balaban J connectivity index is 2.28. The first-order valence-electron chi connectivity index (χ1n) is 4.21. The first-order valence-corrected chi connectivity index (χ1v) is 6.20. The molecule has 0 aliphatic rings. The summed E-state index contributed by atoms with van der Waals surface area (Å²) in [4.78, 5) is 4.93. The molecule has 0 radical (unpaired) electrons. The van der Waals surface area contributed by atoms with Gasteiger partial charge in [-0.3, -0.25) is 4.98 Å². The molecule has 0 amide bonds. The van der Waals surface area contributed by atoms with E-state index in [1.165, 1.54) is 11.3 Å². The average Bonchev–Trinajstić information content (AvgIpc) is 2.65. The van der Waals surface area contributed by atoms with E-state index >= 15 is 0 Å². The van der Waals surface area contributed by atoms with Crippen molar-refractivity contribution in [3.63, 3.8) is 0 Å². The normalized spacial score (nSPS) is 12.7. The zero-order chi connectivity index (χ0) is 10.8. The lowest BCUT2D eigenvalue weighted by molar-refractivity contribution is 0.219. The summed E-state index contributed by atoms with van der Waals surface area (Å²) in [6.07, 6.45) is 0.962. The van der Waals surface area contributed by atoms with Gasteiger partial charge < -0.3 is 5.11 Å². The Kier molecular flexibility index (Phi) is 3.41. The summed E-state index contributed by atoms with van der Waals surface area (Å²) >= 11 is 10.4. The van der Waals surface area contributed by atoms with Crippen LogP contribution in [-0.4, -0.2) is 10.1 Å². The van der Waals surface area contributed by atoms with E-state index in [4.69, 9.17) is 11.6 Å². The Labute approximate surface area is 105 Å². The van der Waals surface area contributed by atoms with Crippen LogP contribution in [0, 0.1) is 0 Å². The number of halogens is 2. The Morgan fingerprint density at radius 1 is 1.33 bits per heavy atom. The van der Waals surface area contributed by atoms with Gasteiger partial charge in [0.1, 0.15) is 6.10 Å². The van der Waals surface area contributed by atoms with E-state index < -0.39 is 6.10 Å². The molecule has 2 nitrogen and oxygen atoms in total. The molecule has 78 valence electrons. The molecule has 2 heterocycles. The number of pyridine rings is 1. The average molecular weight is 305 g/mol. The molecule has 5 heteroatoms. The van der Waals surface area contributed by atoms with E-state index in [9.17, 15) is 5.11 Å². The second-order valence-electron chi connectivity index (χ2n) is 2.95. The van der Waals surface area contributed by atoms with E-state index in [1.54, 1.807) is 24.4 Å². The second-order valence-corrected chi connectivity index (χ2v) is 5.61. The van der Waals surface area contributed by atoms with E-state index in [2.05, 4.69) is 20.9 Å². The molecule has 0 bridgehead atoms. The summed E-state index contributed by atoms with van der Waals surface area (Å²) in [5, 5.41) is 9.97. The van der Waals surface area contributed by atoms with Crippen LogP contribution >= 0.6 is 38.9 Å². The third-order valence-corrected chi connectivity index (χ3v) is 3.65. The first-order chi connectivity index (χ1) is 7.16. The van der Waals surface area contributed by atoms with Gasteiger partial charge in [-0.15, -0.1) is 11.3 Å². The van der Waals surface area contributed by atoms with Crippen LogP contribution in [0.3, 0.4) is 0 Å². The SMILES string of the molecule is OC(c1ccc(Br)cn1)c1ccc(Cl)s1. The monoisotopic (exact) mass is 303 g/mol. The van der Waals surface area contributed by atoms with Crippen LogP contribution in [0.2, 0.25) is 4.34 Å². The highest BCUT2D eigenvalue weighted by atomic mass is 79.9. The lowest BCUT2D eigenvalue weighted by atomic mass is 10.2. The Hall–Kier alpha value is -0.420. The Morgan fingerprint density at radius 2 is 2.13 bits per heavy atom. The molecule has 2 aromatic rings. The summed E-state index contributed by atoms with van der Waals surface area (Å²) in [5.74, 6) is 0. The van der Waals surface area contributed by atoms with Gasteiger partial charge in [-0.2, -0.15) is 0 Å². The van der Waals surface area contributed by atoms with Crippen molar-refractivity contribution in [2.75, 3.05) is 0 Å². The first kappa shape index (κ1) is 11.1. The number of hydrogen-bond donors (Lipinski definition) is 1. The fourth-order valence-electron chi connectivity index (χ4n) is 1.17. The van der Waals surface area contributed by atoms with Crippen LogP contribution in [0.1, 0.15) is 16.7 Å². The van der Waals surface area contributed by atoms with Gasteiger partial charge in [0.05, 0.1) is 10.0 Å². The van der Waals surface area contributed by atoms with Crippen molar-refractivity contribution in [2.45, 2.75) is 6.10 Å². The van der Waals surface area contributed by atoms with Gasteiger partial charge in [0, 0.05) is 15.5 Å². The molecule has 0 aliphatic carbocycles. The predicted octanol–water partition coefficient (Wildman–Crippen LogP) is 3.64. The fourth-order valence-corrected chi connectivity index (χ4v) is 2.46. The van der Waals surface area contributed by atoms with Crippen molar-refractivity contribution in [3.8, 4) is 0 Å². The number of aliphatic hydroxyl groups is 1. The number of aromatic nitrogens is 1. The van der Waals surface area contributed by atoms with Crippen molar-refractivity contribution >= 4 is 38.9 Å². The maximum Gasteiger partial charge on any atom is 0.130 e. The molecule has 0 fully saturated rings. The van der Waals surface area contributed by atoms with Crippen LogP contribution in [0.25, 0.3) is 0 Å². The van der Waals surface area contributed by atoms with Gasteiger partial charge in [-0.25, -0.2) is 0 Å². The van der Waals surface area contributed by atoms with Crippen LogP contribution in [0.5, 0.6) is 0 Å². The molecule has 0 saturated heterocycles. The highest BCUT2D eigenvalue weighted by Crippen LogP contribution is 2.30. The number of hydrogen-bond acceptors (Lipinski definition) is 3. The molecule has 2 aromatic heterocycles. The molecule has 1 unspecified atom stereocenters. The minimum Gasteiger partial charge on any atom is -0.381 e. The molecular weight excluding hydrogens is 298 g/mol. The van der Waals surface area contributed by atoms with Crippen molar-refractivity contribution in [2.24, 2.45) is 0 Å². The van der Waals surface area contributed by atoms with Crippen LogP contribution in [-0.2, 0) is 0 Å². The Bertz CT molecular complexity index is 457. The smallest absolute Gasteiger partial charge is 0.130 e. The minimum atomic E-state index is -0.699. The van der Waals surface area contributed by atoms with Gasteiger partial charge in [-0.05, 0) is 40.2 Å². The zero-order valence-corrected chi connectivity index (χ0v) is 10.7. The highest BCUT2D eigenvalue weighted by Gasteiger charge is 2.13. The molecule has 0 spiro atoms. The largest absolute Gasteiger partial charge is 0.381 e. The summed E-state index contributed by atoms with van der Waals surface area (Å²) in [7, 11) is 0. The zero-order valence-electron chi connectivity index (χ0n) is 7.52. The van der Waals surface area contributed by atoms with Crippen molar-refractivity contribution in [1.29, 1.82) is 0 Å². The lowest BCUT2D eigenvalue weighted by Gasteiger charge is -2.07. The van der Waals surface area contributed by atoms with Gasteiger partial charge in [-0.1, -0.05) is 11.6 Å². The summed E-state index contributed by atoms with van der Waals surface area (Å²) < 4.78 is 1.56. The van der Waals surface area contributed by atoms with E-state index in [1.807, 2.05) is 6.07 Å². The van der Waals surface area contributed by atoms with Gasteiger partial charge in [0.25, 0.3) is 0 Å². The quantitative estimate of drug-likeness (QED) is 0.919. The minimum absolute atomic E-state index is 0.622. The topological polar surface area (TPSA) is 33.1 Å². The van der Waals surface area contributed by atoms with Crippen molar-refractivity contribution in [3.05, 3.63) is 49.8 Å². The molecule has 15 heavy (non-hydrogen) atoms. The highest BCUT2D eigenvalue weighted by molar-refractivity contribution is 9.10. The molecule has 0 aliphatic heterocycles. The fraction of sp³-hybridized carbons (Fsp3) is 0.100. The second kappa shape index (κ2) is 4.61. The standard InChI is InChI=1S/C10H7BrClNOS/c11-6-1-2-7(13-5-6)10(14)8-3-4-9(12)15-8/h1-5,10,14H. The number of aliphatic hydroxyl groups excluding tert-OH is 1. The van der Waals surface area contributed by atoms with Crippen molar-refractivity contribution in [1.82, 2.24) is 4.98 Å². The molecule has 2 rings (SSSR count). The van der Waals surface area contributed by atoms with Crippen molar-refractivity contribution < 1.29 is 5.11 Å². The number of thiophene rings is 1. The molecule has 1 atom stereocenters. The molecule has 0 saturated carbocycles. The van der Waals surface area contributed by atoms with E-state index in [0.29, 0.717) is 10.0 Å². The third-order valence-electron chi connectivity index (χ3n) is 1.89. The van der Waals surface area contributed by atoms with E-state index in [0.717, 1.165) is 9.35 Å². The van der Waals surface area contributed by atoms with Gasteiger partial charge >= 0.3 is 0 Å². The Morgan fingerprint density at radius 3 is 2.67 bits per heavy atom. The molecular formula is C10H7BrClNOS. The van der Waals surface area contributed by atoms with Crippen LogP contribution in [0.15, 0.2) is 34.9 Å². The van der Waals surface area contributed by atoms with Crippen LogP contribution in [0.4, 0.5) is 0 Å². The molecule has 0 aromatic carbocycles. The third kappa shape index (κ3) is 2.58. The maximum absolute atomic E-state index is 9.97. The lowest BCUT2D eigenvalue weighted by Crippen LogP contribution is -1.99. The summed E-state index contributed by atoms with van der Waals surface area (Å²) in [6, 6.07) is 7.20. The number of rotatable bonds is 2. The summed E-state index contributed by atoms with van der Waals surface area (Å²) in [5.41, 5.74) is 0.622. The van der Waals surface area contributed by atoms with Crippen LogP contribution < -0.4 is 0 Å². The predicted molar refractivity (Wildman–Crippen MR) is 65.3 cm³/mol. The van der Waals surface area contributed by atoms with Gasteiger partial charge in [0.15, 0.2) is 0 Å². The van der Waals surface area contributed by atoms with E-state index in [-0.39, 0.29) is 0 Å². The maximum atomic E-state index is 9.97. The van der Waals surface area contributed by atoms with Gasteiger partial charge in [0.2, 0.25) is 0 Å².